The van der Waals surface area contributed by atoms with Gasteiger partial charge in [0.05, 0.1) is 0 Å². The van der Waals surface area contributed by atoms with Crippen LogP contribution in [0.4, 0.5) is 0 Å². The second kappa shape index (κ2) is 7.64. The summed E-state index contributed by atoms with van der Waals surface area (Å²) in [6.07, 6.45) is 3.76. The zero-order valence-electron chi connectivity index (χ0n) is 13.7. The van der Waals surface area contributed by atoms with Crippen molar-refractivity contribution in [2.24, 2.45) is 0 Å². The molecule has 21 heavy (non-hydrogen) atoms. The molecular weight excluding hydrogens is 252 g/mol. The molecule has 0 spiro atoms. The quantitative estimate of drug-likeness (QED) is 0.607. The zero-order chi connectivity index (χ0) is 15.9. The summed E-state index contributed by atoms with van der Waals surface area (Å²) in [5.74, 6) is 0. The number of rotatable bonds is 2. The molecule has 0 fully saturated rings. The fraction of sp³-hybridized carbons (Fsp3) is 0.238. The van der Waals surface area contributed by atoms with E-state index in [1.807, 2.05) is 18.2 Å². The third-order valence-corrected chi connectivity index (χ3v) is 3.30. The van der Waals surface area contributed by atoms with Gasteiger partial charge in [-0.25, -0.2) is 0 Å². The molecule has 0 saturated heterocycles. The Balaban J connectivity index is 0.000000219. The van der Waals surface area contributed by atoms with E-state index in [0.29, 0.717) is 0 Å². The Morgan fingerprint density at radius 2 is 1.38 bits per heavy atom. The molecule has 0 saturated carbocycles. The van der Waals surface area contributed by atoms with E-state index >= 15 is 0 Å². The molecule has 0 heteroatoms. The number of aryl methyl sites for hydroxylation is 1. The maximum absolute atomic E-state index is 3.81. The molecule has 0 unspecified atom stereocenters. The fourth-order valence-corrected chi connectivity index (χ4v) is 2.06. The van der Waals surface area contributed by atoms with Crippen LogP contribution in [0.15, 0.2) is 61.7 Å². The molecule has 2 aromatic carbocycles. The monoisotopic (exact) mass is 278 g/mol. The predicted molar refractivity (Wildman–Crippen MR) is 96.5 cm³/mol. The highest BCUT2D eigenvalue weighted by molar-refractivity contribution is 5.53. The first-order valence-corrected chi connectivity index (χ1v) is 7.29. The summed E-state index contributed by atoms with van der Waals surface area (Å²) in [4.78, 5) is 0. The van der Waals surface area contributed by atoms with Crippen LogP contribution in [0.1, 0.15) is 43.0 Å². The second-order valence-corrected chi connectivity index (χ2v) is 6.16. The van der Waals surface area contributed by atoms with Crippen molar-refractivity contribution in [3.05, 3.63) is 83.9 Å². The van der Waals surface area contributed by atoms with Crippen molar-refractivity contribution < 1.29 is 0 Å². The van der Waals surface area contributed by atoms with Crippen LogP contribution in [0.25, 0.3) is 12.2 Å². The summed E-state index contributed by atoms with van der Waals surface area (Å²) in [5.41, 5.74) is 5.29. The Morgan fingerprint density at radius 1 is 0.810 bits per heavy atom. The van der Waals surface area contributed by atoms with Crippen LogP contribution in [-0.4, -0.2) is 0 Å². The highest BCUT2D eigenvalue weighted by atomic mass is 14.2. The predicted octanol–water partition coefficient (Wildman–Crippen LogP) is 6.27. The summed E-state index contributed by atoms with van der Waals surface area (Å²) in [5, 5.41) is 0. The van der Waals surface area contributed by atoms with E-state index in [1.54, 1.807) is 0 Å². The van der Waals surface area contributed by atoms with Crippen LogP contribution in [0, 0.1) is 6.92 Å². The second-order valence-electron chi connectivity index (χ2n) is 6.16. The summed E-state index contributed by atoms with van der Waals surface area (Å²) < 4.78 is 0. The van der Waals surface area contributed by atoms with Crippen LogP contribution in [0.5, 0.6) is 0 Å². The topological polar surface area (TPSA) is 0 Å². The molecule has 0 aromatic heterocycles. The first-order chi connectivity index (χ1) is 9.88. The molecule has 2 rings (SSSR count). The highest BCUT2D eigenvalue weighted by Gasteiger charge is 2.15. The maximum atomic E-state index is 3.81. The van der Waals surface area contributed by atoms with E-state index in [4.69, 9.17) is 0 Å². The van der Waals surface area contributed by atoms with Crippen molar-refractivity contribution in [2.45, 2.75) is 33.1 Å². The average molecular weight is 278 g/mol. The molecule has 0 heterocycles. The van der Waals surface area contributed by atoms with Gasteiger partial charge in [0.2, 0.25) is 0 Å². The summed E-state index contributed by atoms with van der Waals surface area (Å²) in [6.45, 7) is 16.2. The van der Waals surface area contributed by atoms with E-state index in [-0.39, 0.29) is 5.41 Å². The molecule has 0 aliphatic heterocycles. The Kier molecular flexibility index (Phi) is 6.17. The van der Waals surface area contributed by atoms with E-state index in [2.05, 4.69) is 83.3 Å². The Morgan fingerprint density at radius 3 is 1.81 bits per heavy atom. The third-order valence-electron chi connectivity index (χ3n) is 3.30. The molecule has 0 N–H and O–H groups in total. The zero-order valence-corrected chi connectivity index (χ0v) is 13.7. The number of benzene rings is 2. The van der Waals surface area contributed by atoms with Crippen molar-refractivity contribution in [2.75, 3.05) is 0 Å². The van der Waals surface area contributed by atoms with Gasteiger partial charge in [-0.2, -0.15) is 0 Å². The van der Waals surface area contributed by atoms with E-state index in [1.165, 1.54) is 22.3 Å². The summed E-state index contributed by atoms with van der Waals surface area (Å²) in [6, 6.07) is 16.7. The van der Waals surface area contributed by atoms with Crippen molar-refractivity contribution in [3.63, 3.8) is 0 Å². The van der Waals surface area contributed by atoms with Gasteiger partial charge in [-0.05, 0) is 29.0 Å². The van der Waals surface area contributed by atoms with Gasteiger partial charge < -0.3 is 0 Å². The molecular formula is C21H26. The molecule has 0 atom stereocenters. The van der Waals surface area contributed by atoms with Gasteiger partial charge in [-0.1, -0.05) is 100 Å². The van der Waals surface area contributed by atoms with Crippen molar-refractivity contribution in [1.29, 1.82) is 0 Å². The first kappa shape index (κ1) is 17.0. The van der Waals surface area contributed by atoms with Gasteiger partial charge in [0.1, 0.15) is 0 Å². The minimum Gasteiger partial charge on any atom is -0.0985 e. The Bertz CT molecular complexity index is 580. The molecule has 0 amide bonds. The molecule has 0 bridgehead atoms. The van der Waals surface area contributed by atoms with Crippen molar-refractivity contribution in [3.8, 4) is 0 Å². The molecule has 0 nitrogen and oxygen atoms in total. The number of hydrogen-bond acceptors (Lipinski definition) is 0. The van der Waals surface area contributed by atoms with E-state index in [9.17, 15) is 0 Å². The van der Waals surface area contributed by atoms with E-state index < -0.39 is 0 Å². The molecule has 2 aromatic rings. The smallest absolute Gasteiger partial charge is 0.0126 e. The molecule has 0 radical (unpaired) electrons. The van der Waals surface area contributed by atoms with Crippen LogP contribution in [-0.2, 0) is 5.41 Å². The Labute approximate surface area is 129 Å². The average Bonchev–Trinajstić information content (AvgIpc) is 2.48. The minimum atomic E-state index is 0.213. The largest absolute Gasteiger partial charge is 0.0985 e. The highest BCUT2D eigenvalue weighted by Crippen LogP contribution is 2.25. The summed E-state index contributed by atoms with van der Waals surface area (Å²) >= 11 is 0. The lowest BCUT2D eigenvalue weighted by atomic mass is 9.84. The SMILES string of the molecule is C=Cc1ccc(C)cc1.C=Cc1ccccc1C(C)(C)C. The van der Waals surface area contributed by atoms with Crippen LogP contribution >= 0.6 is 0 Å². The lowest BCUT2D eigenvalue weighted by molar-refractivity contribution is 0.589. The van der Waals surface area contributed by atoms with Crippen LogP contribution in [0.2, 0.25) is 0 Å². The maximum Gasteiger partial charge on any atom is -0.0126 e. The molecule has 110 valence electrons. The Hall–Kier alpha value is -2.08. The summed E-state index contributed by atoms with van der Waals surface area (Å²) in [7, 11) is 0. The van der Waals surface area contributed by atoms with Crippen molar-refractivity contribution in [1.82, 2.24) is 0 Å². The molecule has 0 aliphatic rings. The lowest BCUT2D eigenvalue weighted by Crippen LogP contribution is -2.12. The van der Waals surface area contributed by atoms with Gasteiger partial charge in [0.25, 0.3) is 0 Å². The van der Waals surface area contributed by atoms with Gasteiger partial charge in [0.15, 0.2) is 0 Å². The third kappa shape index (κ3) is 5.43. The van der Waals surface area contributed by atoms with E-state index in [0.717, 1.165) is 0 Å². The lowest BCUT2D eigenvalue weighted by Gasteiger charge is -2.21. The molecule has 0 aliphatic carbocycles. The van der Waals surface area contributed by atoms with Crippen LogP contribution < -0.4 is 0 Å². The van der Waals surface area contributed by atoms with Crippen LogP contribution in [0.3, 0.4) is 0 Å². The van der Waals surface area contributed by atoms with Gasteiger partial charge in [0, 0.05) is 0 Å². The van der Waals surface area contributed by atoms with Gasteiger partial charge in [-0.3, -0.25) is 0 Å². The standard InChI is InChI=1S/C12H16.C9H10/c1-5-10-8-6-7-9-11(10)12(2,3)4;1-3-9-6-4-8(2)5-7-9/h5-9H,1H2,2-4H3;3-7H,1H2,2H3. The number of hydrogen-bond donors (Lipinski definition) is 0. The first-order valence-electron chi connectivity index (χ1n) is 7.29. The minimum absolute atomic E-state index is 0.213. The fourth-order valence-electron chi connectivity index (χ4n) is 2.06. The van der Waals surface area contributed by atoms with Gasteiger partial charge >= 0.3 is 0 Å². The van der Waals surface area contributed by atoms with Crippen molar-refractivity contribution >= 4 is 12.2 Å². The normalized spacial score (nSPS) is 10.3. The van der Waals surface area contributed by atoms with Gasteiger partial charge in [-0.15, -0.1) is 0 Å².